The lowest BCUT2D eigenvalue weighted by Gasteiger charge is -2.23. The van der Waals surface area contributed by atoms with E-state index in [1.165, 1.54) is 12.1 Å². The molecule has 0 amide bonds. The number of likely N-dealkylation sites (N-methyl/N-ethyl adjacent to an activating group) is 1. The summed E-state index contributed by atoms with van der Waals surface area (Å²) in [5, 5.41) is 9.75. The van der Waals surface area contributed by atoms with Crippen molar-refractivity contribution in [2.24, 2.45) is 0 Å². The highest BCUT2D eigenvalue weighted by Crippen LogP contribution is 2.22. The first kappa shape index (κ1) is 13.4. The second-order valence-corrected chi connectivity index (χ2v) is 5.03. The third-order valence-electron chi connectivity index (χ3n) is 3.61. The summed E-state index contributed by atoms with van der Waals surface area (Å²) in [5.41, 5.74) is 2.17. The standard InChI is InChI=1S/C15H23NO2/c1-3-15(17)12-6-8-13(9-7-12)16(2)11-14-5-4-10-18-14/h6-9,14-15,17H,3-5,10-11H2,1-2H3. The van der Waals surface area contributed by atoms with Gasteiger partial charge in [0.15, 0.2) is 0 Å². The average molecular weight is 249 g/mol. The number of hydrogen-bond donors (Lipinski definition) is 1. The molecule has 1 aromatic rings. The van der Waals surface area contributed by atoms with Gasteiger partial charge in [0.25, 0.3) is 0 Å². The summed E-state index contributed by atoms with van der Waals surface area (Å²) >= 11 is 0. The largest absolute Gasteiger partial charge is 0.388 e. The molecule has 100 valence electrons. The molecular formula is C15H23NO2. The Morgan fingerprint density at radius 2 is 2.11 bits per heavy atom. The van der Waals surface area contributed by atoms with Crippen LogP contribution in [0.4, 0.5) is 5.69 Å². The maximum absolute atomic E-state index is 9.75. The van der Waals surface area contributed by atoms with Gasteiger partial charge in [0.1, 0.15) is 0 Å². The Morgan fingerprint density at radius 3 is 2.67 bits per heavy atom. The van der Waals surface area contributed by atoms with Crippen LogP contribution in [-0.2, 0) is 4.74 Å². The van der Waals surface area contributed by atoms with E-state index in [0.29, 0.717) is 6.10 Å². The van der Waals surface area contributed by atoms with Crippen molar-refractivity contribution < 1.29 is 9.84 Å². The van der Waals surface area contributed by atoms with Gasteiger partial charge in [-0.05, 0) is 37.0 Å². The molecule has 0 radical (unpaired) electrons. The zero-order chi connectivity index (χ0) is 13.0. The van der Waals surface area contributed by atoms with E-state index >= 15 is 0 Å². The van der Waals surface area contributed by atoms with Crippen molar-refractivity contribution in [3.8, 4) is 0 Å². The van der Waals surface area contributed by atoms with Gasteiger partial charge in [0.05, 0.1) is 12.2 Å². The maximum atomic E-state index is 9.75. The molecular weight excluding hydrogens is 226 g/mol. The quantitative estimate of drug-likeness (QED) is 0.871. The molecule has 0 aromatic heterocycles. The molecule has 0 aliphatic carbocycles. The van der Waals surface area contributed by atoms with Gasteiger partial charge >= 0.3 is 0 Å². The zero-order valence-corrected chi connectivity index (χ0v) is 11.3. The smallest absolute Gasteiger partial charge is 0.0787 e. The van der Waals surface area contributed by atoms with Crippen LogP contribution in [-0.4, -0.2) is 31.4 Å². The Morgan fingerprint density at radius 1 is 1.39 bits per heavy atom. The summed E-state index contributed by atoms with van der Waals surface area (Å²) in [6, 6.07) is 8.16. The van der Waals surface area contributed by atoms with Gasteiger partial charge in [-0.15, -0.1) is 0 Å². The lowest BCUT2D eigenvalue weighted by molar-refractivity contribution is 0.116. The highest BCUT2D eigenvalue weighted by Gasteiger charge is 2.17. The molecule has 1 N–H and O–H groups in total. The zero-order valence-electron chi connectivity index (χ0n) is 11.3. The summed E-state index contributed by atoms with van der Waals surface area (Å²) in [4.78, 5) is 2.22. The number of anilines is 1. The molecule has 18 heavy (non-hydrogen) atoms. The van der Waals surface area contributed by atoms with Crippen molar-refractivity contribution >= 4 is 5.69 Å². The van der Waals surface area contributed by atoms with Crippen molar-refractivity contribution in [2.45, 2.75) is 38.4 Å². The van der Waals surface area contributed by atoms with E-state index in [-0.39, 0.29) is 6.10 Å². The fourth-order valence-corrected chi connectivity index (χ4v) is 2.39. The normalized spacial score (nSPS) is 20.9. The molecule has 2 unspecified atom stereocenters. The minimum absolute atomic E-state index is 0.345. The number of aliphatic hydroxyl groups excluding tert-OH is 1. The molecule has 1 aliphatic rings. The van der Waals surface area contributed by atoms with E-state index < -0.39 is 0 Å². The van der Waals surface area contributed by atoms with Gasteiger partial charge in [-0.2, -0.15) is 0 Å². The first-order valence-electron chi connectivity index (χ1n) is 6.81. The number of rotatable bonds is 5. The highest BCUT2D eigenvalue weighted by molar-refractivity contribution is 5.47. The fraction of sp³-hybridized carbons (Fsp3) is 0.600. The Labute approximate surface area is 109 Å². The van der Waals surface area contributed by atoms with Gasteiger partial charge in [0, 0.05) is 25.9 Å². The maximum Gasteiger partial charge on any atom is 0.0787 e. The fourth-order valence-electron chi connectivity index (χ4n) is 2.39. The van der Waals surface area contributed by atoms with E-state index in [0.717, 1.165) is 31.6 Å². The van der Waals surface area contributed by atoms with Gasteiger partial charge in [0.2, 0.25) is 0 Å². The third kappa shape index (κ3) is 3.24. The summed E-state index contributed by atoms with van der Waals surface area (Å²) in [5.74, 6) is 0. The van der Waals surface area contributed by atoms with Crippen LogP contribution in [0.25, 0.3) is 0 Å². The van der Waals surface area contributed by atoms with E-state index in [9.17, 15) is 5.11 Å². The summed E-state index contributed by atoms with van der Waals surface area (Å²) in [6.07, 6.45) is 3.13. The van der Waals surface area contributed by atoms with E-state index in [2.05, 4.69) is 24.1 Å². The van der Waals surface area contributed by atoms with Crippen molar-refractivity contribution in [2.75, 3.05) is 25.1 Å². The molecule has 2 atom stereocenters. The molecule has 1 aromatic carbocycles. The van der Waals surface area contributed by atoms with Crippen LogP contribution in [0.3, 0.4) is 0 Å². The molecule has 1 saturated heterocycles. The van der Waals surface area contributed by atoms with Crippen LogP contribution < -0.4 is 4.90 Å². The number of nitrogens with zero attached hydrogens (tertiary/aromatic N) is 1. The summed E-state index contributed by atoms with van der Waals surface area (Å²) in [7, 11) is 2.09. The van der Waals surface area contributed by atoms with Crippen LogP contribution in [0.1, 0.15) is 37.9 Å². The molecule has 3 heteroatoms. The van der Waals surface area contributed by atoms with Gasteiger partial charge in [-0.3, -0.25) is 0 Å². The molecule has 1 aliphatic heterocycles. The van der Waals surface area contributed by atoms with Crippen LogP contribution in [0, 0.1) is 0 Å². The molecule has 0 bridgehead atoms. The lowest BCUT2D eigenvalue weighted by atomic mass is 10.1. The number of aliphatic hydroxyl groups is 1. The Balaban J connectivity index is 1.95. The van der Waals surface area contributed by atoms with E-state index in [1.807, 2.05) is 19.1 Å². The Kier molecular flexibility index (Phi) is 4.61. The van der Waals surface area contributed by atoms with Crippen LogP contribution in [0.5, 0.6) is 0 Å². The highest BCUT2D eigenvalue weighted by atomic mass is 16.5. The first-order chi connectivity index (χ1) is 8.70. The molecule has 0 saturated carbocycles. The predicted octanol–water partition coefficient (Wildman–Crippen LogP) is 2.75. The average Bonchev–Trinajstić information content (AvgIpc) is 2.91. The van der Waals surface area contributed by atoms with Gasteiger partial charge in [-0.1, -0.05) is 19.1 Å². The van der Waals surface area contributed by atoms with Gasteiger partial charge in [-0.25, -0.2) is 0 Å². The van der Waals surface area contributed by atoms with Crippen molar-refractivity contribution in [3.63, 3.8) is 0 Å². The molecule has 0 spiro atoms. The van der Waals surface area contributed by atoms with Gasteiger partial charge < -0.3 is 14.7 Å². The van der Waals surface area contributed by atoms with Crippen molar-refractivity contribution in [1.29, 1.82) is 0 Å². The van der Waals surface area contributed by atoms with Crippen LogP contribution in [0.15, 0.2) is 24.3 Å². The lowest BCUT2D eigenvalue weighted by Crippen LogP contribution is -2.28. The number of hydrogen-bond acceptors (Lipinski definition) is 3. The summed E-state index contributed by atoms with van der Waals surface area (Å²) < 4.78 is 5.64. The van der Waals surface area contributed by atoms with E-state index in [4.69, 9.17) is 4.74 Å². The second-order valence-electron chi connectivity index (χ2n) is 5.03. The topological polar surface area (TPSA) is 32.7 Å². The minimum Gasteiger partial charge on any atom is -0.388 e. The number of ether oxygens (including phenoxy) is 1. The monoisotopic (exact) mass is 249 g/mol. The van der Waals surface area contributed by atoms with E-state index in [1.54, 1.807) is 0 Å². The molecule has 1 heterocycles. The molecule has 3 nitrogen and oxygen atoms in total. The predicted molar refractivity (Wildman–Crippen MR) is 73.9 cm³/mol. The Hall–Kier alpha value is -1.06. The second kappa shape index (κ2) is 6.21. The van der Waals surface area contributed by atoms with Crippen LogP contribution in [0.2, 0.25) is 0 Å². The Bertz CT molecular complexity index is 357. The van der Waals surface area contributed by atoms with Crippen molar-refractivity contribution in [1.82, 2.24) is 0 Å². The van der Waals surface area contributed by atoms with Crippen molar-refractivity contribution in [3.05, 3.63) is 29.8 Å². The number of benzene rings is 1. The van der Waals surface area contributed by atoms with Crippen LogP contribution >= 0.6 is 0 Å². The SMILES string of the molecule is CCC(O)c1ccc(N(C)CC2CCCO2)cc1. The third-order valence-corrected chi connectivity index (χ3v) is 3.61. The molecule has 2 rings (SSSR count). The summed E-state index contributed by atoms with van der Waals surface area (Å²) in [6.45, 7) is 3.83. The molecule has 1 fully saturated rings. The first-order valence-corrected chi connectivity index (χ1v) is 6.81. The minimum atomic E-state index is -0.345.